The van der Waals surface area contributed by atoms with Crippen molar-refractivity contribution in [1.82, 2.24) is 14.5 Å². The van der Waals surface area contributed by atoms with Gasteiger partial charge in [-0.05, 0) is 117 Å². The van der Waals surface area contributed by atoms with Crippen LogP contribution in [-0.4, -0.2) is 73.2 Å². The number of aliphatic hydroxyl groups excluding tert-OH is 3. The Balaban J connectivity index is 0.829. The number of unbranched alkanes of at least 4 members (excludes halogenated alkanes) is 1. The number of nitrogens with zero attached hydrogens (tertiary/aromatic N) is 3. The fourth-order valence-electron chi connectivity index (χ4n) is 8.89. The van der Waals surface area contributed by atoms with Crippen molar-refractivity contribution < 1.29 is 24.9 Å². The Morgan fingerprint density at radius 2 is 1.82 bits per heavy atom. The van der Waals surface area contributed by atoms with E-state index in [0.29, 0.717) is 51.0 Å². The molecule has 1 unspecified atom stereocenters. The lowest BCUT2D eigenvalue weighted by Gasteiger charge is -2.23. The van der Waals surface area contributed by atoms with Gasteiger partial charge in [-0.25, -0.2) is 0 Å². The second-order valence-corrected chi connectivity index (χ2v) is 16.0. The van der Waals surface area contributed by atoms with Gasteiger partial charge in [0.15, 0.2) is 6.23 Å². The number of carbonyl (C=O) groups is 1. The van der Waals surface area contributed by atoms with E-state index in [1.54, 1.807) is 0 Å². The number of anilines is 1. The van der Waals surface area contributed by atoms with Gasteiger partial charge in [-0.1, -0.05) is 66.7 Å². The van der Waals surface area contributed by atoms with Gasteiger partial charge in [0.25, 0.3) is 0 Å². The highest BCUT2D eigenvalue weighted by Crippen LogP contribution is 2.38. The molecule has 1 aliphatic heterocycles. The summed E-state index contributed by atoms with van der Waals surface area (Å²) in [5, 5.41) is 39.2. The molecule has 2 aromatic heterocycles. The van der Waals surface area contributed by atoms with E-state index in [2.05, 4.69) is 88.0 Å². The van der Waals surface area contributed by atoms with Crippen LogP contribution >= 0.6 is 0 Å². The summed E-state index contributed by atoms with van der Waals surface area (Å²) in [6.07, 6.45) is 14.6. The van der Waals surface area contributed by atoms with E-state index in [4.69, 9.17) is 4.74 Å². The molecule has 5 aromatic rings. The van der Waals surface area contributed by atoms with Gasteiger partial charge in [0.2, 0.25) is 0 Å². The topological polar surface area (TPSA) is 120 Å². The Labute approximate surface area is 331 Å². The second kappa shape index (κ2) is 19.1. The number of fused-ring (bicyclic) bond motifs is 2. The molecule has 4 N–H and O–H groups in total. The molecule has 3 aromatic carbocycles. The van der Waals surface area contributed by atoms with Crippen LogP contribution in [-0.2, 0) is 22.5 Å². The van der Waals surface area contributed by atoms with Gasteiger partial charge in [-0.15, -0.1) is 0 Å². The zero-order chi connectivity index (χ0) is 38.9. The minimum Gasteiger partial charge on any atom is -0.441 e. The van der Waals surface area contributed by atoms with Crippen molar-refractivity contribution in [2.24, 2.45) is 11.8 Å². The Bertz CT molecular complexity index is 2040. The van der Waals surface area contributed by atoms with Crippen LogP contribution in [0.3, 0.4) is 0 Å². The van der Waals surface area contributed by atoms with E-state index in [1.807, 2.05) is 48.3 Å². The molecule has 1 saturated carbocycles. The number of carbonyl (C=O) groups excluding carboxylic acids is 1. The van der Waals surface area contributed by atoms with Crippen LogP contribution in [0.5, 0.6) is 0 Å². The normalized spacial score (nSPS) is 22.6. The lowest BCUT2D eigenvalue weighted by Crippen LogP contribution is -2.26. The number of nitrogens with one attached hydrogen (secondary N) is 1. The largest absolute Gasteiger partial charge is 0.441 e. The molecular formula is C47H58N4O5. The number of allylic oxidation sites excluding steroid dienone is 2. The van der Waals surface area contributed by atoms with Crippen molar-refractivity contribution in [3.8, 4) is 0 Å². The summed E-state index contributed by atoms with van der Waals surface area (Å²) in [4.78, 5) is 19.6. The van der Waals surface area contributed by atoms with Gasteiger partial charge >= 0.3 is 5.97 Å². The summed E-state index contributed by atoms with van der Waals surface area (Å²) >= 11 is 0. The van der Waals surface area contributed by atoms with Crippen LogP contribution in [0.15, 0.2) is 110 Å². The molecule has 1 saturated heterocycles. The lowest BCUT2D eigenvalue weighted by molar-refractivity contribution is -0.152. The summed E-state index contributed by atoms with van der Waals surface area (Å²) in [7, 11) is 0. The summed E-state index contributed by atoms with van der Waals surface area (Å²) in [5.41, 5.74) is 4.67. The highest BCUT2D eigenvalue weighted by molar-refractivity contribution is 5.93. The zero-order valence-electron chi connectivity index (χ0n) is 32.6. The second-order valence-electron chi connectivity index (χ2n) is 16.0. The number of pyridine rings is 1. The number of rotatable bonds is 18. The molecule has 0 spiro atoms. The van der Waals surface area contributed by atoms with Crippen LogP contribution < -0.4 is 5.32 Å². The van der Waals surface area contributed by atoms with Crippen molar-refractivity contribution in [2.45, 2.75) is 108 Å². The molecule has 3 heterocycles. The fourth-order valence-corrected chi connectivity index (χ4v) is 8.89. The lowest BCUT2D eigenvalue weighted by atomic mass is 9.85. The monoisotopic (exact) mass is 758 g/mol. The number of aromatic nitrogens is 2. The predicted octanol–water partition coefficient (Wildman–Crippen LogP) is 8.19. The van der Waals surface area contributed by atoms with Crippen LogP contribution in [0.2, 0.25) is 0 Å². The Hall–Kier alpha value is -4.54. The summed E-state index contributed by atoms with van der Waals surface area (Å²) < 4.78 is 7.93. The quantitative estimate of drug-likeness (QED) is 0.0402. The maximum atomic E-state index is 12.9. The number of ether oxygens (including phenoxy) is 1. The van der Waals surface area contributed by atoms with Gasteiger partial charge in [0, 0.05) is 67.1 Å². The number of aryl methyl sites for hydroxylation is 1. The SMILES string of the molecule is CC(OC(=O)CCCC=CC[C@@H]1[C@@H](CC[C@@H](O)CCc2ccccc2)[C@H](O)C[C@@H]1O)n1ccc2ccc(CN3CC[C@@H](Nc4cccc5cnccc45)C3)cc21. The van der Waals surface area contributed by atoms with Crippen LogP contribution in [0.4, 0.5) is 5.69 Å². The molecule has 0 radical (unpaired) electrons. The van der Waals surface area contributed by atoms with Crippen LogP contribution in [0.1, 0.15) is 82.1 Å². The molecule has 0 amide bonds. The van der Waals surface area contributed by atoms with Crippen LogP contribution in [0.25, 0.3) is 21.7 Å². The summed E-state index contributed by atoms with van der Waals surface area (Å²) in [6, 6.07) is 27.6. The Morgan fingerprint density at radius 3 is 2.70 bits per heavy atom. The van der Waals surface area contributed by atoms with Crippen LogP contribution in [0, 0.1) is 11.8 Å². The number of likely N-dealkylation sites (tertiary alicyclic amines) is 1. The predicted molar refractivity (Wildman–Crippen MR) is 223 cm³/mol. The first kappa shape index (κ1) is 39.7. The number of hydrogen-bond donors (Lipinski definition) is 4. The minimum atomic E-state index is -0.550. The molecule has 2 aliphatic rings. The number of aliphatic hydroxyl groups is 3. The first-order valence-corrected chi connectivity index (χ1v) is 20.6. The number of esters is 1. The molecule has 2 fully saturated rings. The van der Waals surface area contributed by atoms with Crippen molar-refractivity contribution in [1.29, 1.82) is 0 Å². The minimum absolute atomic E-state index is 0.0339. The first-order chi connectivity index (χ1) is 27.3. The molecule has 56 heavy (non-hydrogen) atoms. The van der Waals surface area contributed by atoms with E-state index in [0.717, 1.165) is 60.9 Å². The maximum absolute atomic E-state index is 12.9. The van der Waals surface area contributed by atoms with E-state index in [9.17, 15) is 20.1 Å². The van der Waals surface area contributed by atoms with E-state index in [1.165, 1.54) is 16.5 Å². The van der Waals surface area contributed by atoms with Gasteiger partial charge in [-0.3, -0.25) is 14.7 Å². The first-order valence-electron chi connectivity index (χ1n) is 20.6. The van der Waals surface area contributed by atoms with Gasteiger partial charge in [0.1, 0.15) is 0 Å². The average Bonchev–Trinajstić information content (AvgIpc) is 3.91. The van der Waals surface area contributed by atoms with Crippen molar-refractivity contribution in [3.05, 3.63) is 121 Å². The molecule has 9 heteroatoms. The Kier molecular flexibility index (Phi) is 13.5. The van der Waals surface area contributed by atoms with Gasteiger partial charge in [-0.2, -0.15) is 0 Å². The van der Waals surface area contributed by atoms with E-state index >= 15 is 0 Å². The molecular weight excluding hydrogens is 701 g/mol. The van der Waals surface area contributed by atoms with Crippen molar-refractivity contribution >= 4 is 33.3 Å². The smallest absolute Gasteiger partial charge is 0.307 e. The molecule has 9 nitrogen and oxygen atoms in total. The van der Waals surface area contributed by atoms with E-state index in [-0.39, 0.29) is 17.8 Å². The molecule has 7 atom stereocenters. The van der Waals surface area contributed by atoms with Gasteiger partial charge in [0.05, 0.1) is 23.8 Å². The third-order valence-corrected chi connectivity index (χ3v) is 12.0. The average molecular weight is 759 g/mol. The fraction of sp³-hybridized carbons (Fsp3) is 0.447. The molecule has 0 bridgehead atoms. The number of benzene rings is 3. The molecule has 1 aliphatic carbocycles. The maximum Gasteiger partial charge on any atom is 0.307 e. The molecule has 7 rings (SSSR count). The Morgan fingerprint density at radius 1 is 0.964 bits per heavy atom. The van der Waals surface area contributed by atoms with Crippen molar-refractivity contribution in [3.63, 3.8) is 0 Å². The van der Waals surface area contributed by atoms with Gasteiger partial charge < -0.3 is 29.9 Å². The van der Waals surface area contributed by atoms with Crippen molar-refractivity contribution in [2.75, 3.05) is 18.4 Å². The third-order valence-electron chi connectivity index (χ3n) is 12.0. The summed E-state index contributed by atoms with van der Waals surface area (Å²) in [6.45, 7) is 4.78. The summed E-state index contributed by atoms with van der Waals surface area (Å²) in [5.74, 6) is -0.288. The highest BCUT2D eigenvalue weighted by atomic mass is 16.6. The third kappa shape index (κ3) is 10.2. The zero-order valence-corrected chi connectivity index (χ0v) is 32.6. The molecule has 296 valence electrons. The highest BCUT2D eigenvalue weighted by Gasteiger charge is 2.40. The van der Waals surface area contributed by atoms with E-state index < -0.39 is 24.5 Å². The standard InChI is InChI=1S/C47H58N4O5/c1-33(56-47(55)15-8-3-2-7-13-41-42(46(54)29-45(41)53)21-20-39(52)19-17-34-10-5-4-6-11-34)51-27-23-36-18-16-35(28-44(36)51)31-50-26-24-38(32-50)49-43-14-9-12-37-30-48-25-22-40(37)43/h2,4-7,9-12,14,16,18,22-23,25,27-28,30,33,38-39,41-42,45-46,49,52-54H,3,8,13,15,17,19-21,24,26,29,31-32H2,1H3/t33?,38-,39+,41-,42-,45+,46-/m1/s1. The number of hydrogen-bond acceptors (Lipinski definition) is 8.